The van der Waals surface area contributed by atoms with Crippen LogP contribution < -0.4 is 0 Å². The molecule has 7 aromatic carbocycles. The van der Waals surface area contributed by atoms with Gasteiger partial charge < -0.3 is 0 Å². The average molecular weight is 694 g/mol. The standard InChI is InChI=1S/C49H31N3S/c1-2-12-35(13-3-1)49-51-45(34-24-22-32(23-25-34)36-15-10-26-50-31-36)30-46(52-49)39-28-37(41-18-8-14-33-11-4-5-16-40(33)41)27-38(29-39)42-19-9-20-44-43-17-6-7-21-47(43)53-48(42)44/h1-31H. The molecule has 3 nitrogen and oxygen atoms in total. The molecule has 0 saturated carbocycles. The molecule has 248 valence electrons. The summed E-state index contributed by atoms with van der Waals surface area (Å²) in [4.78, 5) is 14.7. The average Bonchev–Trinajstić information content (AvgIpc) is 3.63. The van der Waals surface area contributed by atoms with Crippen LogP contribution in [0.15, 0.2) is 188 Å². The summed E-state index contributed by atoms with van der Waals surface area (Å²) in [7, 11) is 0. The zero-order valence-corrected chi connectivity index (χ0v) is 29.5. The van der Waals surface area contributed by atoms with Crippen LogP contribution in [0.4, 0.5) is 0 Å². The quantitative estimate of drug-likeness (QED) is 0.174. The fourth-order valence-corrected chi connectivity index (χ4v) is 8.60. The smallest absolute Gasteiger partial charge is 0.160 e. The van der Waals surface area contributed by atoms with Crippen LogP contribution in [0.3, 0.4) is 0 Å². The zero-order chi connectivity index (χ0) is 35.1. The van der Waals surface area contributed by atoms with Crippen molar-refractivity contribution in [2.45, 2.75) is 0 Å². The lowest BCUT2D eigenvalue weighted by molar-refractivity contribution is 1.18. The maximum absolute atomic E-state index is 5.28. The Hall–Kier alpha value is -6.75. The van der Waals surface area contributed by atoms with E-state index in [-0.39, 0.29) is 0 Å². The summed E-state index contributed by atoms with van der Waals surface area (Å²) >= 11 is 1.86. The molecule has 3 heterocycles. The number of thiophene rings is 1. The maximum Gasteiger partial charge on any atom is 0.160 e. The van der Waals surface area contributed by atoms with Crippen molar-refractivity contribution in [1.82, 2.24) is 15.0 Å². The number of aromatic nitrogens is 3. The number of nitrogens with zero attached hydrogens (tertiary/aromatic N) is 3. The summed E-state index contributed by atoms with van der Waals surface area (Å²) < 4.78 is 2.58. The summed E-state index contributed by atoms with van der Waals surface area (Å²) in [5.41, 5.74) is 11.7. The Kier molecular flexibility index (Phi) is 7.67. The predicted octanol–water partition coefficient (Wildman–Crippen LogP) is 13.4. The van der Waals surface area contributed by atoms with Crippen LogP contribution in [0.25, 0.3) is 98.2 Å². The Morgan fingerprint density at radius 1 is 0.377 bits per heavy atom. The van der Waals surface area contributed by atoms with E-state index in [2.05, 4.69) is 157 Å². The topological polar surface area (TPSA) is 38.7 Å². The van der Waals surface area contributed by atoms with Crippen molar-refractivity contribution in [1.29, 1.82) is 0 Å². The van der Waals surface area contributed by atoms with Crippen molar-refractivity contribution >= 4 is 42.3 Å². The highest BCUT2D eigenvalue weighted by atomic mass is 32.1. The fourth-order valence-electron chi connectivity index (χ4n) is 7.36. The zero-order valence-electron chi connectivity index (χ0n) is 28.6. The number of benzene rings is 7. The molecule has 10 rings (SSSR count). The van der Waals surface area contributed by atoms with E-state index in [0.29, 0.717) is 5.82 Å². The lowest BCUT2D eigenvalue weighted by Gasteiger charge is -2.15. The number of pyridine rings is 1. The molecular weight excluding hydrogens is 663 g/mol. The molecule has 0 aliphatic heterocycles. The minimum Gasteiger partial charge on any atom is -0.264 e. The monoisotopic (exact) mass is 693 g/mol. The third kappa shape index (κ3) is 5.76. The van der Waals surface area contributed by atoms with Crippen LogP contribution in [0.2, 0.25) is 0 Å². The lowest BCUT2D eigenvalue weighted by atomic mass is 9.91. The van der Waals surface area contributed by atoms with Gasteiger partial charge >= 0.3 is 0 Å². The molecular formula is C49H31N3S. The van der Waals surface area contributed by atoms with Crippen molar-refractivity contribution in [3.05, 3.63) is 188 Å². The fraction of sp³-hybridized carbons (Fsp3) is 0. The van der Waals surface area contributed by atoms with E-state index in [1.54, 1.807) is 6.20 Å². The van der Waals surface area contributed by atoms with Gasteiger partial charge in [0.15, 0.2) is 5.82 Å². The second-order valence-electron chi connectivity index (χ2n) is 13.3. The van der Waals surface area contributed by atoms with Crippen LogP contribution in [0.5, 0.6) is 0 Å². The van der Waals surface area contributed by atoms with Gasteiger partial charge in [0, 0.05) is 49.3 Å². The Bertz CT molecular complexity index is 2930. The molecule has 0 fully saturated rings. The van der Waals surface area contributed by atoms with Crippen LogP contribution in [-0.2, 0) is 0 Å². The van der Waals surface area contributed by atoms with E-state index < -0.39 is 0 Å². The van der Waals surface area contributed by atoms with Crippen molar-refractivity contribution < 1.29 is 0 Å². The Labute approximate surface area is 311 Å². The lowest BCUT2D eigenvalue weighted by Crippen LogP contribution is -1.97. The minimum absolute atomic E-state index is 0.693. The molecule has 0 saturated heterocycles. The van der Waals surface area contributed by atoms with Gasteiger partial charge in [-0.05, 0) is 80.6 Å². The molecule has 0 spiro atoms. The first-order valence-electron chi connectivity index (χ1n) is 17.7. The Morgan fingerprint density at radius 3 is 1.83 bits per heavy atom. The SMILES string of the molecule is c1ccc(-c2nc(-c3ccc(-c4cccnc4)cc3)cc(-c3cc(-c4cccc5ccccc45)cc(-c4cccc5c4sc4ccccc45)c3)n2)cc1. The van der Waals surface area contributed by atoms with Crippen molar-refractivity contribution in [2.24, 2.45) is 0 Å². The molecule has 0 radical (unpaired) electrons. The van der Waals surface area contributed by atoms with Gasteiger partial charge in [-0.3, -0.25) is 4.98 Å². The first-order valence-corrected chi connectivity index (χ1v) is 18.6. The van der Waals surface area contributed by atoms with E-state index in [1.165, 1.54) is 42.1 Å². The predicted molar refractivity (Wildman–Crippen MR) is 223 cm³/mol. The van der Waals surface area contributed by atoms with Crippen LogP contribution >= 0.6 is 11.3 Å². The minimum atomic E-state index is 0.693. The number of fused-ring (bicyclic) bond motifs is 4. The van der Waals surface area contributed by atoms with E-state index in [0.717, 1.165) is 50.3 Å². The van der Waals surface area contributed by atoms with E-state index in [4.69, 9.17) is 9.97 Å². The summed E-state index contributed by atoms with van der Waals surface area (Å²) in [6.45, 7) is 0. The van der Waals surface area contributed by atoms with Gasteiger partial charge in [-0.1, -0.05) is 140 Å². The van der Waals surface area contributed by atoms with Gasteiger partial charge in [0.1, 0.15) is 0 Å². The third-order valence-electron chi connectivity index (χ3n) is 9.98. The van der Waals surface area contributed by atoms with Gasteiger partial charge in [-0.15, -0.1) is 11.3 Å². The molecule has 4 heteroatoms. The summed E-state index contributed by atoms with van der Waals surface area (Å²) in [5.74, 6) is 0.693. The molecule has 0 atom stereocenters. The highest BCUT2D eigenvalue weighted by molar-refractivity contribution is 7.26. The first-order chi connectivity index (χ1) is 26.2. The largest absolute Gasteiger partial charge is 0.264 e. The van der Waals surface area contributed by atoms with E-state index in [1.807, 2.05) is 41.8 Å². The molecule has 10 aromatic rings. The van der Waals surface area contributed by atoms with Gasteiger partial charge in [0.2, 0.25) is 0 Å². The van der Waals surface area contributed by atoms with Crippen LogP contribution in [-0.4, -0.2) is 15.0 Å². The van der Waals surface area contributed by atoms with Gasteiger partial charge in [-0.2, -0.15) is 0 Å². The molecule has 0 unspecified atom stereocenters. The number of rotatable bonds is 6. The normalized spacial score (nSPS) is 11.4. The van der Waals surface area contributed by atoms with Crippen LogP contribution in [0, 0.1) is 0 Å². The van der Waals surface area contributed by atoms with E-state index >= 15 is 0 Å². The van der Waals surface area contributed by atoms with E-state index in [9.17, 15) is 0 Å². The molecule has 0 aliphatic rings. The highest BCUT2D eigenvalue weighted by Gasteiger charge is 2.17. The first kappa shape index (κ1) is 31.0. The van der Waals surface area contributed by atoms with Crippen molar-refractivity contribution in [2.75, 3.05) is 0 Å². The van der Waals surface area contributed by atoms with Gasteiger partial charge in [0.25, 0.3) is 0 Å². The van der Waals surface area contributed by atoms with Crippen molar-refractivity contribution in [3.8, 4) is 67.3 Å². The second kappa shape index (κ2) is 13.1. The Balaban J connectivity index is 1.20. The molecule has 53 heavy (non-hydrogen) atoms. The van der Waals surface area contributed by atoms with Gasteiger partial charge in [-0.25, -0.2) is 9.97 Å². The second-order valence-corrected chi connectivity index (χ2v) is 14.3. The summed E-state index contributed by atoms with van der Waals surface area (Å²) in [5, 5.41) is 5.02. The number of hydrogen-bond donors (Lipinski definition) is 0. The summed E-state index contributed by atoms with van der Waals surface area (Å²) in [6.07, 6.45) is 3.69. The highest BCUT2D eigenvalue weighted by Crippen LogP contribution is 2.43. The maximum atomic E-state index is 5.28. The van der Waals surface area contributed by atoms with Crippen molar-refractivity contribution in [3.63, 3.8) is 0 Å². The summed E-state index contributed by atoms with van der Waals surface area (Å²) in [6, 6.07) is 62.6. The Morgan fingerprint density at radius 2 is 1.00 bits per heavy atom. The molecule has 3 aromatic heterocycles. The third-order valence-corrected chi connectivity index (χ3v) is 11.2. The van der Waals surface area contributed by atoms with Gasteiger partial charge in [0.05, 0.1) is 11.4 Å². The molecule has 0 bridgehead atoms. The molecule has 0 amide bonds. The number of hydrogen-bond acceptors (Lipinski definition) is 4. The van der Waals surface area contributed by atoms with Crippen LogP contribution in [0.1, 0.15) is 0 Å². The molecule has 0 aliphatic carbocycles. The molecule has 0 N–H and O–H groups in total.